The average Bonchev–Trinajstić information content (AvgIpc) is 3.18. The van der Waals surface area contributed by atoms with Crippen molar-refractivity contribution in [1.82, 2.24) is 15.8 Å². The smallest absolute Gasteiger partial charge is 0.191 e. The molecule has 1 aliphatic rings. The first-order valence-corrected chi connectivity index (χ1v) is 10.00. The quantitative estimate of drug-likeness (QED) is 0.310. The van der Waals surface area contributed by atoms with E-state index in [9.17, 15) is 0 Å². The fourth-order valence-electron chi connectivity index (χ4n) is 3.16. The molecule has 1 aromatic heterocycles. The van der Waals surface area contributed by atoms with E-state index in [4.69, 9.17) is 25.6 Å². The summed E-state index contributed by atoms with van der Waals surface area (Å²) in [5.74, 6) is 3.17. The maximum absolute atomic E-state index is 6.29. The Morgan fingerprint density at radius 1 is 1.14 bits per heavy atom. The summed E-state index contributed by atoms with van der Waals surface area (Å²) in [6.07, 6.45) is 2.11. The standard InChI is InChI=1S/C20H27ClN4O3.HI/c1-4-14(5-2)17-10-15(28-25-17)12-24-20(22-3)23-11-13-8-16(21)19-18(9-13)26-6-7-27-19;/h8-10,14H,4-7,11-12H2,1-3H3,(H2,22,23,24);1H. The highest BCUT2D eigenvalue weighted by molar-refractivity contribution is 14.0. The number of hydrogen-bond donors (Lipinski definition) is 2. The molecule has 0 saturated carbocycles. The van der Waals surface area contributed by atoms with Gasteiger partial charge in [0.05, 0.1) is 17.3 Å². The van der Waals surface area contributed by atoms with E-state index in [1.807, 2.05) is 18.2 Å². The minimum Gasteiger partial charge on any atom is -0.486 e. The third-order valence-corrected chi connectivity index (χ3v) is 5.03. The molecule has 0 spiro atoms. The summed E-state index contributed by atoms with van der Waals surface area (Å²) in [7, 11) is 1.72. The molecule has 0 aliphatic carbocycles. The van der Waals surface area contributed by atoms with Crippen LogP contribution in [0.1, 0.15) is 49.6 Å². The number of aromatic nitrogens is 1. The Bertz CT molecular complexity index is 824. The molecule has 0 fully saturated rings. The number of halogens is 2. The summed E-state index contributed by atoms with van der Waals surface area (Å²) in [5, 5.41) is 11.2. The van der Waals surface area contributed by atoms with Crippen molar-refractivity contribution in [2.45, 2.75) is 45.7 Å². The van der Waals surface area contributed by atoms with Gasteiger partial charge in [-0.1, -0.05) is 30.6 Å². The van der Waals surface area contributed by atoms with E-state index in [1.165, 1.54) is 0 Å². The molecule has 9 heteroatoms. The number of nitrogens with zero attached hydrogens (tertiary/aromatic N) is 2. The van der Waals surface area contributed by atoms with Gasteiger partial charge in [0.25, 0.3) is 0 Å². The molecule has 2 N–H and O–H groups in total. The number of ether oxygens (including phenoxy) is 2. The van der Waals surface area contributed by atoms with Crippen LogP contribution in [0.3, 0.4) is 0 Å². The van der Waals surface area contributed by atoms with Gasteiger partial charge in [-0.05, 0) is 30.5 Å². The zero-order chi connectivity index (χ0) is 19.9. The van der Waals surface area contributed by atoms with Gasteiger partial charge in [0.2, 0.25) is 0 Å². The third-order valence-electron chi connectivity index (χ3n) is 4.75. The number of fused-ring (bicyclic) bond motifs is 1. The third kappa shape index (κ3) is 6.15. The monoisotopic (exact) mass is 534 g/mol. The van der Waals surface area contributed by atoms with E-state index in [1.54, 1.807) is 7.05 Å². The number of hydrogen-bond acceptors (Lipinski definition) is 5. The lowest BCUT2D eigenvalue weighted by Crippen LogP contribution is -2.36. The van der Waals surface area contributed by atoms with Crippen molar-refractivity contribution in [1.29, 1.82) is 0 Å². The summed E-state index contributed by atoms with van der Waals surface area (Å²) in [6, 6.07) is 5.81. The van der Waals surface area contributed by atoms with Crippen LogP contribution in [0.25, 0.3) is 0 Å². The van der Waals surface area contributed by atoms with Gasteiger partial charge >= 0.3 is 0 Å². The van der Waals surface area contributed by atoms with Crippen LogP contribution in [0, 0.1) is 0 Å². The molecule has 7 nitrogen and oxygen atoms in total. The molecule has 1 aromatic carbocycles. The van der Waals surface area contributed by atoms with Crippen LogP contribution in [0.2, 0.25) is 5.02 Å². The fourth-order valence-corrected chi connectivity index (χ4v) is 3.44. The van der Waals surface area contributed by atoms with Crippen LogP contribution in [-0.2, 0) is 13.1 Å². The molecule has 0 unspecified atom stereocenters. The molecule has 0 atom stereocenters. The fraction of sp³-hybridized carbons (Fsp3) is 0.500. The van der Waals surface area contributed by atoms with Gasteiger partial charge in [0, 0.05) is 25.6 Å². The van der Waals surface area contributed by atoms with E-state index in [0.29, 0.717) is 54.7 Å². The summed E-state index contributed by atoms with van der Waals surface area (Å²) in [4.78, 5) is 4.25. The summed E-state index contributed by atoms with van der Waals surface area (Å²) in [6.45, 7) is 6.43. The molecule has 0 saturated heterocycles. The average molecular weight is 535 g/mol. The molecule has 0 bridgehead atoms. The summed E-state index contributed by atoms with van der Waals surface area (Å²) < 4.78 is 16.6. The highest BCUT2D eigenvalue weighted by Crippen LogP contribution is 2.38. The first-order chi connectivity index (χ1) is 13.6. The van der Waals surface area contributed by atoms with Gasteiger partial charge in [-0.2, -0.15) is 0 Å². The highest BCUT2D eigenvalue weighted by atomic mass is 127. The van der Waals surface area contributed by atoms with E-state index >= 15 is 0 Å². The van der Waals surface area contributed by atoms with Crippen molar-refractivity contribution in [3.05, 3.63) is 40.2 Å². The molecular formula is C20H28ClIN4O3. The van der Waals surface area contributed by atoms with Crippen molar-refractivity contribution < 1.29 is 14.0 Å². The van der Waals surface area contributed by atoms with Crippen molar-refractivity contribution in [2.24, 2.45) is 4.99 Å². The second-order valence-electron chi connectivity index (χ2n) is 6.61. The van der Waals surface area contributed by atoms with Crippen LogP contribution in [0.15, 0.2) is 27.7 Å². The number of rotatable bonds is 7. The lowest BCUT2D eigenvalue weighted by Gasteiger charge is -2.20. The van der Waals surface area contributed by atoms with Gasteiger partial charge < -0.3 is 24.6 Å². The number of guanidine groups is 1. The van der Waals surface area contributed by atoms with Gasteiger partial charge in [-0.3, -0.25) is 4.99 Å². The van der Waals surface area contributed by atoms with Crippen molar-refractivity contribution >= 4 is 41.5 Å². The number of benzene rings is 1. The molecular weight excluding hydrogens is 507 g/mol. The van der Waals surface area contributed by atoms with Crippen LogP contribution in [0.5, 0.6) is 11.5 Å². The lowest BCUT2D eigenvalue weighted by atomic mass is 9.99. The van der Waals surface area contributed by atoms with Crippen molar-refractivity contribution in [3.8, 4) is 11.5 Å². The Labute approximate surface area is 193 Å². The van der Waals surface area contributed by atoms with E-state index in [-0.39, 0.29) is 24.0 Å². The van der Waals surface area contributed by atoms with Crippen LogP contribution >= 0.6 is 35.6 Å². The Morgan fingerprint density at radius 3 is 2.59 bits per heavy atom. The molecule has 1 aliphatic heterocycles. The number of nitrogens with one attached hydrogen (secondary N) is 2. The largest absolute Gasteiger partial charge is 0.486 e. The number of aliphatic imine (C=N–C) groups is 1. The predicted molar refractivity (Wildman–Crippen MR) is 125 cm³/mol. The zero-order valence-corrected chi connectivity index (χ0v) is 20.0. The van der Waals surface area contributed by atoms with Gasteiger partial charge in [0.1, 0.15) is 13.2 Å². The van der Waals surface area contributed by atoms with E-state index in [2.05, 4.69) is 34.6 Å². The molecule has 0 amide bonds. The lowest BCUT2D eigenvalue weighted by molar-refractivity contribution is 0.171. The minimum atomic E-state index is 0. The van der Waals surface area contributed by atoms with Gasteiger partial charge in [0.15, 0.2) is 23.2 Å². The van der Waals surface area contributed by atoms with Crippen LogP contribution in [-0.4, -0.2) is 31.4 Å². The Kier molecular flexibility index (Phi) is 9.35. The van der Waals surface area contributed by atoms with Gasteiger partial charge in [-0.25, -0.2) is 0 Å². The first-order valence-electron chi connectivity index (χ1n) is 9.62. The maximum atomic E-state index is 6.29. The van der Waals surface area contributed by atoms with E-state index in [0.717, 1.165) is 29.9 Å². The Morgan fingerprint density at radius 2 is 1.86 bits per heavy atom. The molecule has 160 valence electrons. The molecule has 3 rings (SSSR count). The molecule has 2 heterocycles. The second kappa shape index (κ2) is 11.5. The molecule has 0 radical (unpaired) electrons. The van der Waals surface area contributed by atoms with Crippen LogP contribution in [0.4, 0.5) is 0 Å². The first kappa shape index (κ1) is 23.6. The van der Waals surface area contributed by atoms with Crippen LogP contribution < -0.4 is 20.1 Å². The molecule has 2 aromatic rings. The highest BCUT2D eigenvalue weighted by Gasteiger charge is 2.17. The van der Waals surface area contributed by atoms with Crippen molar-refractivity contribution in [3.63, 3.8) is 0 Å². The summed E-state index contributed by atoms with van der Waals surface area (Å²) >= 11 is 6.29. The zero-order valence-electron chi connectivity index (χ0n) is 17.0. The van der Waals surface area contributed by atoms with Gasteiger partial charge in [-0.15, -0.1) is 24.0 Å². The normalized spacial score (nSPS) is 13.2. The predicted octanol–water partition coefficient (Wildman–Crippen LogP) is 4.49. The van der Waals surface area contributed by atoms with Crippen molar-refractivity contribution in [2.75, 3.05) is 20.3 Å². The SMILES string of the molecule is CCC(CC)c1cc(CNC(=NC)NCc2cc(Cl)c3c(c2)OCCO3)on1.I. The minimum absolute atomic E-state index is 0. The Hall–Kier alpha value is -1.68. The Balaban J connectivity index is 0.00000300. The second-order valence-corrected chi connectivity index (χ2v) is 7.02. The maximum Gasteiger partial charge on any atom is 0.191 e. The van der Waals surface area contributed by atoms with E-state index < -0.39 is 0 Å². The molecule has 29 heavy (non-hydrogen) atoms. The topological polar surface area (TPSA) is 80.9 Å². The summed E-state index contributed by atoms with van der Waals surface area (Å²) in [5.41, 5.74) is 1.99.